The van der Waals surface area contributed by atoms with Crippen molar-refractivity contribution in [3.63, 3.8) is 0 Å². The molecule has 3 rings (SSSR count). The van der Waals surface area contributed by atoms with E-state index in [9.17, 15) is 18.0 Å². The molecule has 0 radical (unpaired) electrons. The molecule has 2 aliphatic rings. The fourth-order valence-electron chi connectivity index (χ4n) is 3.33. The van der Waals surface area contributed by atoms with E-state index in [2.05, 4.69) is 10.1 Å². The summed E-state index contributed by atoms with van der Waals surface area (Å²) < 4.78 is 40.1. The lowest BCUT2D eigenvalue weighted by atomic mass is 10.0. The molecule has 0 bridgehead atoms. The van der Waals surface area contributed by atoms with Crippen LogP contribution in [0, 0.1) is 11.8 Å². The average Bonchev–Trinajstić information content (AvgIpc) is 3.05. The molecular formula is C16H19F3N2O2. The molecule has 2 atom stereocenters. The predicted octanol–water partition coefficient (Wildman–Crippen LogP) is 2.20. The summed E-state index contributed by atoms with van der Waals surface area (Å²) in [5.74, 6) is 1.01. The minimum Gasteiger partial charge on any atom is -0.406 e. The Morgan fingerprint density at radius 3 is 2.35 bits per heavy atom. The van der Waals surface area contributed by atoms with E-state index in [0.29, 0.717) is 24.7 Å². The van der Waals surface area contributed by atoms with Gasteiger partial charge in [-0.1, -0.05) is 12.1 Å². The van der Waals surface area contributed by atoms with Gasteiger partial charge in [-0.2, -0.15) is 0 Å². The standard InChI is InChI=1S/C16H19F3N2O2/c17-16(18,19)23-14-4-1-11(2-5-14)3-6-15(22)21-9-12-7-20-8-13(12)10-21/h1-2,4-5,12-13,20H,3,6-10H2/t12-,13-/m1/s1. The lowest BCUT2D eigenvalue weighted by molar-refractivity contribution is -0.274. The molecule has 1 amide bonds. The van der Waals surface area contributed by atoms with Crippen LogP contribution in [0.2, 0.25) is 0 Å². The highest BCUT2D eigenvalue weighted by Crippen LogP contribution is 2.27. The van der Waals surface area contributed by atoms with Gasteiger partial charge in [0.05, 0.1) is 0 Å². The Bertz CT molecular complexity index is 547. The maximum atomic E-state index is 12.2. The van der Waals surface area contributed by atoms with Crippen molar-refractivity contribution in [1.29, 1.82) is 0 Å². The van der Waals surface area contributed by atoms with Gasteiger partial charge in [-0.05, 0) is 36.0 Å². The Kier molecular flexibility index (Phi) is 4.48. The number of aryl methyl sites for hydroxylation is 1. The van der Waals surface area contributed by atoms with E-state index in [1.54, 1.807) is 12.1 Å². The van der Waals surface area contributed by atoms with E-state index in [4.69, 9.17) is 0 Å². The average molecular weight is 328 g/mol. The fraction of sp³-hybridized carbons (Fsp3) is 0.562. The van der Waals surface area contributed by atoms with E-state index < -0.39 is 6.36 Å². The second-order valence-electron chi connectivity index (χ2n) is 6.17. The fourth-order valence-corrected chi connectivity index (χ4v) is 3.33. The van der Waals surface area contributed by atoms with E-state index >= 15 is 0 Å². The van der Waals surface area contributed by atoms with Crippen LogP contribution in [0.3, 0.4) is 0 Å². The normalized spacial score (nSPS) is 23.9. The van der Waals surface area contributed by atoms with Crippen molar-refractivity contribution in [2.24, 2.45) is 11.8 Å². The molecular weight excluding hydrogens is 309 g/mol. The van der Waals surface area contributed by atoms with Crippen molar-refractivity contribution in [2.75, 3.05) is 26.2 Å². The summed E-state index contributed by atoms with van der Waals surface area (Å²) in [6, 6.07) is 5.69. The minimum absolute atomic E-state index is 0.120. The van der Waals surface area contributed by atoms with Crippen LogP contribution < -0.4 is 10.1 Å². The molecule has 2 aliphatic heterocycles. The van der Waals surface area contributed by atoms with Crippen molar-refractivity contribution in [3.05, 3.63) is 29.8 Å². The summed E-state index contributed by atoms with van der Waals surface area (Å²) >= 11 is 0. The molecule has 0 unspecified atom stereocenters. The maximum Gasteiger partial charge on any atom is 0.573 e. The van der Waals surface area contributed by atoms with Crippen LogP contribution in [0.5, 0.6) is 5.75 Å². The Labute approximate surface area is 132 Å². The Morgan fingerprint density at radius 1 is 1.17 bits per heavy atom. The molecule has 4 nitrogen and oxygen atoms in total. The highest BCUT2D eigenvalue weighted by molar-refractivity contribution is 5.76. The van der Waals surface area contributed by atoms with E-state index in [1.807, 2.05) is 4.90 Å². The molecule has 2 heterocycles. The highest BCUT2D eigenvalue weighted by Gasteiger charge is 2.37. The third-order valence-electron chi connectivity index (χ3n) is 4.53. The minimum atomic E-state index is -4.68. The van der Waals surface area contributed by atoms with Gasteiger partial charge in [0.15, 0.2) is 0 Å². The molecule has 0 aliphatic carbocycles. The molecule has 0 spiro atoms. The molecule has 1 N–H and O–H groups in total. The quantitative estimate of drug-likeness (QED) is 0.921. The van der Waals surface area contributed by atoms with Gasteiger partial charge >= 0.3 is 6.36 Å². The first-order valence-electron chi connectivity index (χ1n) is 7.74. The number of alkyl halides is 3. The summed E-state index contributed by atoms with van der Waals surface area (Å²) in [5.41, 5.74) is 0.828. The first-order chi connectivity index (χ1) is 10.9. The number of halogens is 3. The number of ether oxygens (including phenoxy) is 1. The highest BCUT2D eigenvalue weighted by atomic mass is 19.4. The first-order valence-corrected chi connectivity index (χ1v) is 7.74. The SMILES string of the molecule is O=C(CCc1ccc(OC(F)(F)F)cc1)N1C[C@H]2CNC[C@@H]2C1. The topological polar surface area (TPSA) is 41.6 Å². The maximum absolute atomic E-state index is 12.2. The molecule has 2 saturated heterocycles. The summed E-state index contributed by atoms with van der Waals surface area (Å²) in [7, 11) is 0. The van der Waals surface area contributed by atoms with E-state index in [-0.39, 0.29) is 11.7 Å². The number of carbonyl (C=O) groups excluding carboxylic acids is 1. The summed E-state index contributed by atoms with van der Waals surface area (Å²) in [5, 5.41) is 3.33. The van der Waals surface area contributed by atoms with Gasteiger partial charge in [-0.3, -0.25) is 4.79 Å². The Morgan fingerprint density at radius 2 is 1.78 bits per heavy atom. The monoisotopic (exact) mass is 328 g/mol. The van der Waals surface area contributed by atoms with Crippen LogP contribution in [-0.4, -0.2) is 43.3 Å². The molecule has 7 heteroatoms. The van der Waals surface area contributed by atoms with Gasteiger partial charge in [-0.25, -0.2) is 0 Å². The second kappa shape index (κ2) is 6.39. The lowest BCUT2D eigenvalue weighted by Gasteiger charge is -2.17. The second-order valence-corrected chi connectivity index (χ2v) is 6.17. The third-order valence-corrected chi connectivity index (χ3v) is 4.53. The van der Waals surface area contributed by atoms with Crippen molar-refractivity contribution >= 4 is 5.91 Å². The molecule has 23 heavy (non-hydrogen) atoms. The molecule has 1 aromatic rings. The number of nitrogens with one attached hydrogen (secondary N) is 1. The van der Waals surface area contributed by atoms with Crippen molar-refractivity contribution in [2.45, 2.75) is 19.2 Å². The van der Waals surface area contributed by atoms with Crippen LogP contribution in [0.1, 0.15) is 12.0 Å². The number of benzene rings is 1. The molecule has 126 valence electrons. The summed E-state index contributed by atoms with van der Waals surface area (Å²) in [6.45, 7) is 3.59. The number of amides is 1. The summed E-state index contributed by atoms with van der Waals surface area (Å²) in [6.07, 6.45) is -3.78. The van der Waals surface area contributed by atoms with Crippen LogP contribution in [0.15, 0.2) is 24.3 Å². The van der Waals surface area contributed by atoms with Crippen LogP contribution in [0.25, 0.3) is 0 Å². The number of likely N-dealkylation sites (tertiary alicyclic amines) is 1. The largest absolute Gasteiger partial charge is 0.573 e. The van der Waals surface area contributed by atoms with Gasteiger partial charge in [-0.15, -0.1) is 13.2 Å². The van der Waals surface area contributed by atoms with Crippen LogP contribution >= 0.6 is 0 Å². The zero-order valence-electron chi connectivity index (χ0n) is 12.6. The number of carbonyl (C=O) groups is 1. The molecule has 0 aromatic heterocycles. The molecule has 0 saturated carbocycles. The number of hydrogen-bond donors (Lipinski definition) is 1. The Balaban J connectivity index is 1.47. The third kappa shape index (κ3) is 4.16. The van der Waals surface area contributed by atoms with Crippen molar-refractivity contribution < 1.29 is 22.7 Å². The first kappa shape index (κ1) is 16.1. The summed E-state index contributed by atoms with van der Waals surface area (Å²) in [4.78, 5) is 14.2. The predicted molar refractivity (Wildman–Crippen MR) is 77.9 cm³/mol. The van der Waals surface area contributed by atoms with E-state index in [1.165, 1.54) is 12.1 Å². The van der Waals surface area contributed by atoms with Gasteiger partial charge in [0, 0.05) is 32.6 Å². The smallest absolute Gasteiger partial charge is 0.406 e. The zero-order valence-corrected chi connectivity index (χ0v) is 12.6. The molecule has 1 aromatic carbocycles. The van der Waals surface area contributed by atoms with Crippen LogP contribution in [-0.2, 0) is 11.2 Å². The van der Waals surface area contributed by atoms with Gasteiger partial charge < -0.3 is 15.0 Å². The van der Waals surface area contributed by atoms with Gasteiger partial charge in [0.25, 0.3) is 0 Å². The van der Waals surface area contributed by atoms with Gasteiger partial charge in [0.1, 0.15) is 5.75 Å². The zero-order chi connectivity index (χ0) is 16.4. The number of nitrogens with zero attached hydrogens (tertiary/aromatic N) is 1. The van der Waals surface area contributed by atoms with Crippen LogP contribution in [0.4, 0.5) is 13.2 Å². The van der Waals surface area contributed by atoms with Crippen molar-refractivity contribution in [1.82, 2.24) is 10.2 Å². The van der Waals surface area contributed by atoms with E-state index in [0.717, 1.165) is 31.7 Å². The number of rotatable bonds is 4. The lowest BCUT2D eigenvalue weighted by Crippen LogP contribution is -2.31. The van der Waals surface area contributed by atoms with Crippen molar-refractivity contribution in [3.8, 4) is 5.75 Å². The molecule has 2 fully saturated rings. The number of hydrogen-bond acceptors (Lipinski definition) is 3. The Hall–Kier alpha value is -1.76. The van der Waals surface area contributed by atoms with Gasteiger partial charge in [0.2, 0.25) is 5.91 Å². The number of fused-ring (bicyclic) bond motifs is 1.